The molecule has 0 fully saturated rings. The van der Waals surface area contributed by atoms with Crippen molar-refractivity contribution < 1.29 is 9.90 Å². The number of carboxylic acids is 1. The van der Waals surface area contributed by atoms with Gasteiger partial charge < -0.3 is 10.4 Å². The quantitative estimate of drug-likeness (QED) is 0.757. The summed E-state index contributed by atoms with van der Waals surface area (Å²) in [4.78, 5) is 11.2. The highest BCUT2D eigenvalue weighted by Crippen LogP contribution is 2.16. The van der Waals surface area contributed by atoms with Crippen LogP contribution >= 0.6 is 0 Å². The number of aromatic nitrogens is 2. The zero-order chi connectivity index (χ0) is 16.2. The van der Waals surface area contributed by atoms with Gasteiger partial charge >= 0.3 is 5.97 Å². The molecule has 0 amide bonds. The van der Waals surface area contributed by atoms with Gasteiger partial charge in [-0.1, -0.05) is 24.3 Å². The van der Waals surface area contributed by atoms with E-state index in [1.54, 1.807) is 19.1 Å². The number of rotatable bonds is 5. The van der Waals surface area contributed by atoms with E-state index in [9.17, 15) is 4.79 Å². The fourth-order valence-corrected chi connectivity index (χ4v) is 2.34. The lowest BCUT2D eigenvalue weighted by molar-refractivity contribution is 0.0696. The van der Waals surface area contributed by atoms with Crippen molar-refractivity contribution in [3.63, 3.8) is 0 Å². The molecule has 0 saturated heterocycles. The summed E-state index contributed by atoms with van der Waals surface area (Å²) in [6, 6.07) is 17.1. The molecule has 5 heteroatoms. The first-order valence-corrected chi connectivity index (χ1v) is 7.31. The molecule has 0 aliphatic rings. The summed E-state index contributed by atoms with van der Waals surface area (Å²) in [6.07, 6.45) is 1.91. The third-order valence-electron chi connectivity index (χ3n) is 3.61. The van der Waals surface area contributed by atoms with Gasteiger partial charge in [-0.2, -0.15) is 5.10 Å². The Morgan fingerprint density at radius 1 is 1.17 bits per heavy atom. The van der Waals surface area contributed by atoms with E-state index in [4.69, 9.17) is 5.11 Å². The summed E-state index contributed by atoms with van der Waals surface area (Å²) in [5.74, 6) is -0.917. The number of hydrogen-bond acceptors (Lipinski definition) is 3. The van der Waals surface area contributed by atoms with Crippen molar-refractivity contribution in [1.29, 1.82) is 0 Å². The number of para-hydroxylation sites is 1. The second-order valence-electron chi connectivity index (χ2n) is 5.28. The molecular weight excluding hydrogens is 290 g/mol. The molecule has 0 saturated carbocycles. The van der Waals surface area contributed by atoms with Crippen molar-refractivity contribution in [2.24, 2.45) is 0 Å². The number of nitrogens with one attached hydrogen (secondary N) is 1. The fraction of sp³-hybridized carbons (Fsp3) is 0.111. The first-order chi connectivity index (χ1) is 11.1. The molecule has 2 aromatic carbocycles. The Hall–Kier alpha value is -3.08. The van der Waals surface area contributed by atoms with Gasteiger partial charge in [0.05, 0.1) is 23.5 Å². The molecular formula is C18H17N3O2. The van der Waals surface area contributed by atoms with Crippen LogP contribution in [0.2, 0.25) is 0 Å². The summed E-state index contributed by atoms with van der Waals surface area (Å²) in [5, 5.41) is 16.9. The lowest BCUT2D eigenvalue weighted by Gasteiger charge is -2.07. The largest absolute Gasteiger partial charge is 0.478 e. The maximum absolute atomic E-state index is 11.2. The van der Waals surface area contributed by atoms with Crippen LogP contribution in [0.1, 0.15) is 21.6 Å². The highest BCUT2D eigenvalue weighted by atomic mass is 16.4. The average molecular weight is 307 g/mol. The van der Waals surface area contributed by atoms with E-state index in [0.29, 0.717) is 12.1 Å². The number of carboxylic acid groups (broad SMARTS) is 1. The molecule has 23 heavy (non-hydrogen) atoms. The van der Waals surface area contributed by atoms with Gasteiger partial charge in [0.1, 0.15) is 0 Å². The Kier molecular flexibility index (Phi) is 4.10. The van der Waals surface area contributed by atoms with Gasteiger partial charge in [0.15, 0.2) is 0 Å². The average Bonchev–Trinajstić information content (AvgIpc) is 3.03. The molecule has 5 nitrogen and oxygen atoms in total. The smallest absolute Gasteiger partial charge is 0.336 e. The van der Waals surface area contributed by atoms with E-state index < -0.39 is 5.97 Å². The molecule has 0 radical (unpaired) electrons. The normalized spacial score (nSPS) is 10.5. The topological polar surface area (TPSA) is 67.2 Å². The van der Waals surface area contributed by atoms with Crippen molar-refractivity contribution in [1.82, 2.24) is 9.78 Å². The van der Waals surface area contributed by atoms with Crippen molar-refractivity contribution in [3.05, 3.63) is 77.6 Å². The van der Waals surface area contributed by atoms with Crippen LogP contribution in [0.4, 0.5) is 5.69 Å². The molecule has 0 atom stereocenters. The minimum absolute atomic E-state index is 0.310. The molecule has 2 N–H and O–H groups in total. The second-order valence-corrected chi connectivity index (χ2v) is 5.28. The molecule has 0 aliphatic heterocycles. The van der Waals surface area contributed by atoms with Crippen LogP contribution in [0.15, 0.2) is 60.8 Å². The molecule has 116 valence electrons. The molecule has 1 heterocycles. The molecule has 0 bridgehead atoms. The maximum atomic E-state index is 11.2. The van der Waals surface area contributed by atoms with Crippen LogP contribution in [0.3, 0.4) is 0 Å². The minimum Gasteiger partial charge on any atom is -0.478 e. The number of nitrogens with zero attached hydrogens (tertiary/aromatic N) is 2. The van der Waals surface area contributed by atoms with Crippen LogP contribution in [-0.2, 0) is 6.54 Å². The van der Waals surface area contributed by atoms with E-state index in [2.05, 4.69) is 10.4 Å². The Balaban J connectivity index is 1.71. The number of carbonyl (C=O) groups is 1. The van der Waals surface area contributed by atoms with Gasteiger partial charge in [0.25, 0.3) is 0 Å². The Bertz CT molecular complexity index is 825. The number of aryl methyl sites for hydroxylation is 1. The summed E-state index contributed by atoms with van der Waals surface area (Å²) >= 11 is 0. The van der Waals surface area contributed by atoms with E-state index in [0.717, 1.165) is 22.6 Å². The third kappa shape index (κ3) is 3.40. The van der Waals surface area contributed by atoms with Gasteiger partial charge in [-0.05, 0) is 42.8 Å². The van der Waals surface area contributed by atoms with Crippen molar-refractivity contribution in [3.8, 4) is 5.69 Å². The SMILES string of the molecule is Cc1ccc(NCc2ccn(-c3ccccc3)n2)cc1C(=O)O. The van der Waals surface area contributed by atoms with Crippen molar-refractivity contribution in [2.75, 3.05) is 5.32 Å². The highest BCUT2D eigenvalue weighted by Gasteiger charge is 2.08. The third-order valence-corrected chi connectivity index (χ3v) is 3.61. The Labute approximate surface area is 134 Å². The zero-order valence-electron chi connectivity index (χ0n) is 12.7. The van der Waals surface area contributed by atoms with Gasteiger partial charge in [0.2, 0.25) is 0 Å². The summed E-state index contributed by atoms with van der Waals surface area (Å²) in [7, 11) is 0. The standard InChI is InChI=1S/C18H17N3O2/c1-13-7-8-14(11-17(13)18(22)23)19-12-15-9-10-21(20-15)16-5-3-2-4-6-16/h2-11,19H,12H2,1H3,(H,22,23). The molecule has 0 aliphatic carbocycles. The van der Waals surface area contributed by atoms with Gasteiger partial charge in [0, 0.05) is 11.9 Å². The monoisotopic (exact) mass is 307 g/mol. The number of benzene rings is 2. The minimum atomic E-state index is -0.917. The fourth-order valence-electron chi connectivity index (χ4n) is 2.34. The van der Waals surface area contributed by atoms with Crippen molar-refractivity contribution in [2.45, 2.75) is 13.5 Å². The molecule has 0 unspecified atom stereocenters. The summed E-state index contributed by atoms with van der Waals surface area (Å²) in [5.41, 5.74) is 3.71. The first kappa shape index (κ1) is 14.8. The van der Waals surface area contributed by atoms with E-state index in [1.807, 2.05) is 53.3 Å². The predicted molar refractivity (Wildman–Crippen MR) is 89.0 cm³/mol. The molecule has 3 aromatic rings. The highest BCUT2D eigenvalue weighted by molar-refractivity contribution is 5.90. The zero-order valence-corrected chi connectivity index (χ0v) is 12.7. The number of anilines is 1. The van der Waals surface area contributed by atoms with E-state index >= 15 is 0 Å². The van der Waals surface area contributed by atoms with Gasteiger partial charge in [-0.15, -0.1) is 0 Å². The number of aromatic carboxylic acids is 1. The van der Waals surface area contributed by atoms with Crippen LogP contribution in [-0.4, -0.2) is 20.9 Å². The number of hydrogen-bond donors (Lipinski definition) is 2. The first-order valence-electron chi connectivity index (χ1n) is 7.31. The van der Waals surface area contributed by atoms with Gasteiger partial charge in [-0.25, -0.2) is 9.48 Å². The summed E-state index contributed by atoms with van der Waals surface area (Å²) in [6.45, 7) is 2.32. The molecule has 3 rings (SSSR count). The van der Waals surface area contributed by atoms with E-state index in [-0.39, 0.29) is 0 Å². The van der Waals surface area contributed by atoms with Gasteiger partial charge in [-0.3, -0.25) is 0 Å². The Morgan fingerprint density at radius 3 is 2.70 bits per heavy atom. The summed E-state index contributed by atoms with van der Waals surface area (Å²) < 4.78 is 1.81. The van der Waals surface area contributed by atoms with Crippen LogP contribution in [0.5, 0.6) is 0 Å². The Morgan fingerprint density at radius 2 is 1.96 bits per heavy atom. The predicted octanol–water partition coefficient (Wildman–Crippen LogP) is 3.49. The van der Waals surface area contributed by atoms with Crippen LogP contribution in [0, 0.1) is 6.92 Å². The lowest BCUT2D eigenvalue weighted by Crippen LogP contribution is -2.05. The van der Waals surface area contributed by atoms with Crippen LogP contribution < -0.4 is 5.32 Å². The second kappa shape index (κ2) is 6.36. The van der Waals surface area contributed by atoms with E-state index in [1.165, 1.54) is 0 Å². The van der Waals surface area contributed by atoms with Crippen LogP contribution in [0.25, 0.3) is 5.69 Å². The molecule has 0 spiro atoms. The maximum Gasteiger partial charge on any atom is 0.336 e. The van der Waals surface area contributed by atoms with Crippen molar-refractivity contribution >= 4 is 11.7 Å². The lowest BCUT2D eigenvalue weighted by atomic mass is 10.1. The molecule has 1 aromatic heterocycles.